The third-order valence-corrected chi connectivity index (χ3v) is 3.43. The summed E-state index contributed by atoms with van der Waals surface area (Å²) < 4.78 is 11.0. The van der Waals surface area contributed by atoms with Gasteiger partial charge in [-0.1, -0.05) is 19.1 Å². The normalized spacial score (nSPS) is 24.7. The Morgan fingerprint density at radius 1 is 1.35 bits per heavy atom. The number of benzene rings is 1. The number of carbonyl (C=O) groups excluding carboxylic acids is 1. The average Bonchev–Trinajstić information content (AvgIpc) is 2.38. The molecule has 0 radical (unpaired) electrons. The van der Waals surface area contributed by atoms with E-state index < -0.39 is 5.60 Å². The van der Waals surface area contributed by atoms with Crippen LogP contribution in [0.3, 0.4) is 0 Å². The van der Waals surface area contributed by atoms with E-state index in [0.717, 1.165) is 17.7 Å². The van der Waals surface area contributed by atoms with Crippen LogP contribution in [0.2, 0.25) is 0 Å². The molecule has 17 heavy (non-hydrogen) atoms. The number of hydrogen-bond donors (Lipinski definition) is 0. The highest BCUT2D eigenvalue weighted by molar-refractivity contribution is 5.80. The molecule has 2 rings (SSSR count). The van der Waals surface area contributed by atoms with Crippen molar-refractivity contribution in [2.45, 2.75) is 31.8 Å². The van der Waals surface area contributed by atoms with E-state index >= 15 is 0 Å². The Balaban J connectivity index is 2.29. The summed E-state index contributed by atoms with van der Waals surface area (Å²) in [6.07, 6.45) is 1.83. The second kappa shape index (κ2) is 4.88. The Labute approximate surface area is 102 Å². The molecule has 1 atom stereocenters. The fraction of sp³-hybridized carbons (Fsp3) is 0.500. The van der Waals surface area contributed by atoms with Gasteiger partial charge in [-0.15, -0.1) is 0 Å². The molecule has 3 heteroatoms. The Morgan fingerprint density at radius 3 is 2.59 bits per heavy atom. The molecule has 1 heterocycles. The zero-order valence-corrected chi connectivity index (χ0v) is 10.4. The van der Waals surface area contributed by atoms with Crippen LogP contribution in [-0.4, -0.2) is 19.5 Å². The molecule has 1 saturated heterocycles. The van der Waals surface area contributed by atoms with E-state index in [9.17, 15) is 4.79 Å². The second-order valence-electron chi connectivity index (χ2n) is 4.39. The Kier molecular flexibility index (Phi) is 3.48. The molecule has 0 aromatic heterocycles. The lowest BCUT2D eigenvalue weighted by Gasteiger charge is -2.36. The lowest BCUT2D eigenvalue weighted by molar-refractivity contribution is -0.142. The minimum Gasteiger partial charge on any atom is -0.497 e. The Bertz CT molecular complexity index is 396. The van der Waals surface area contributed by atoms with Gasteiger partial charge >= 0.3 is 0 Å². The van der Waals surface area contributed by atoms with Crippen molar-refractivity contribution in [1.82, 2.24) is 0 Å². The van der Waals surface area contributed by atoms with Gasteiger partial charge in [0, 0.05) is 12.8 Å². The standard InChI is InChI=1S/C14H18O3/c1-3-14(10-12(15)8-9-17-14)11-4-6-13(16-2)7-5-11/h4-7H,3,8-10H2,1-2H3. The van der Waals surface area contributed by atoms with Crippen LogP contribution in [0.1, 0.15) is 31.7 Å². The molecular formula is C14H18O3. The van der Waals surface area contributed by atoms with Crippen LogP contribution < -0.4 is 4.74 Å². The predicted octanol–water partition coefficient (Wildman–Crippen LogP) is 2.68. The van der Waals surface area contributed by atoms with Gasteiger partial charge in [0.2, 0.25) is 0 Å². The molecule has 1 aromatic carbocycles. The zero-order chi connectivity index (χ0) is 12.3. The quantitative estimate of drug-likeness (QED) is 0.806. The smallest absolute Gasteiger partial charge is 0.138 e. The SMILES string of the molecule is CCC1(c2ccc(OC)cc2)CC(=O)CCO1. The van der Waals surface area contributed by atoms with Crippen LogP contribution in [0.5, 0.6) is 5.75 Å². The first-order chi connectivity index (χ1) is 8.20. The van der Waals surface area contributed by atoms with E-state index in [4.69, 9.17) is 9.47 Å². The summed E-state index contributed by atoms with van der Waals surface area (Å²) in [7, 11) is 1.64. The van der Waals surface area contributed by atoms with Gasteiger partial charge in [-0.25, -0.2) is 0 Å². The maximum Gasteiger partial charge on any atom is 0.138 e. The van der Waals surface area contributed by atoms with Gasteiger partial charge < -0.3 is 9.47 Å². The van der Waals surface area contributed by atoms with E-state index in [1.54, 1.807) is 7.11 Å². The van der Waals surface area contributed by atoms with Crippen molar-refractivity contribution in [2.75, 3.05) is 13.7 Å². The number of rotatable bonds is 3. The van der Waals surface area contributed by atoms with Crippen LogP contribution in [0.4, 0.5) is 0 Å². The predicted molar refractivity (Wildman–Crippen MR) is 65.2 cm³/mol. The third kappa shape index (κ3) is 2.34. The van der Waals surface area contributed by atoms with Crippen molar-refractivity contribution in [2.24, 2.45) is 0 Å². The van der Waals surface area contributed by atoms with Gasteiger partial charge in [0.05, 0.1) is 19.3 Å². The summed E-state index contributed by atoms with van der Waals surface area (Å²) in [6, 6.07) is 7.80. The van der Waals surface area contributed by atoms with Crippen LogP contribution in [0.15, 0.2) is 24.3 Å². The van der Waals surface area contributed by atoms with E-state index in [0.29, 0.717) is 19.4 Å². The lowest BCUT2D eigenvalue weighted by Crippen LogP contribution is -2.37. The number of carbonyl (C=O) groups is 1. The highest BCUT2D eigenvalue weighted by Gasteiger charge is 2.36. The van der Waals surface area contributed by atoms with Crippen LogP contribution in [0.25, 0.3) is 0 Å². The summed E-state index contributed by atoms with van der Waals surface area (Å²) in [4.78, 5) is 11.6. The number of Topliss-reactive ketones (excluding diaryl/α,β-unsaturated/α-hetero) is 1. The summed E-state index contributed by atoms with van der Waals surface area (Å²) in [5.41, 5.74) is 0.635. The highest BCUT2D eigenvalue weighted by atomic mass is 16.5. The van der Waals surface area contributed by atoms with Crippen molar-refractivity contribution in [3.05, 3.63) is 29.8 Å². The van der Waals surface area contributed by atoms with Gasteiger partial charge in [-0.3, -0.25) is 4.79 Å². The number of ketones is 1. The van der Waals surface area contributed by atoms with Crippen LogP contribution in [-0.2, 0) is 15.1 Å². The molecule has 1 fully saturated rings. The average molecular weight is 234 g/mol. The first kappa shape index (κ1) is 12.1. The minimum atomic E-state index is -0.429. The lowest BCUT2D eigenvalue weighted by atomic mass is 9.84. The van der Waals surface area contributed by atoms with Crippen molar-refractivity contribution >= 4 is 5.78 Å². The van der Waals surface area contributed by atoms with Crippen molar-refractivity contribution < 1.29 is 14.3 Å². The first-order valence-electron chi connectivity index (χ1n) is 6.00. The molecule has 92 valence electrons. The molecule has 0 aliphatic carbocycles. The fourth-order valence-corrected chi connectivity index (χ4v) is 2.33. The summed E-state index contributed by atoms with van der Waals surface area (Å²) >= 11 is 0. The van der Waals surface area contributed by atoms with Crippen molar-refractivity contribution in [3.63, 3.8) is 0 Å². The van der Waals surface area contributed by atoms with E-state index in [-0.39, 0.29) is 5.78 Å². The number of hydrogen-bond acceptors (Lipinski definition) is 3. The molecule has 3 nitrogen and oxygen atoms in total. The molecular weight excluding hydrogens is 216 g/mol. The second-order valence-corrected chi connectivity index (χ2v) is 4.39. The fourth-order valence-electron chi connectivity index (χ4n) is 2.33. The molecule has 0 bridgehead atoms. The van der Waals surface area contributed by atoms with Gasteiger partial charge in [-0.05, 0) is 24.1 Å². The monoisotopic (exact) mass is 234 g/mol. The maximum atomic E-state index is 11.6. The van der Waals surface area contributed by atoms with E-state index in [1.165, 1.54) is 0 Å². The molecule has 1 unspecified atom stereocenters. The zero-order valence-electron chi connectivity index (χ0n) is 10.4. The Morgan fingerprint density at radius 2 is 2.06 bits per heavy atom. The van der Waals surface area contributed by atoms with Crippen LogP contribution >= 0.6 is 0 Å². The third-order valence-electron chi connectivity index (χ3n) is 3.43. The van der Waals surface area contributed by atoms with Gasteiger partial charge in [-0.2, -0.15) is 0 Å². The van der Waals surface area contributed by atoms with Crippen molar-refractivity contribution in [3.8, 4) is 5.75 Å². The van der Waals surface area contributed by atoms with Crippen LogP contribution in [0, 0.1) is 0 Å². The summed E-state index contributed by atoms with van der Waals surface area (Å²) in [5.74, 6) is 1.11. The van der Waals surface area contributed by atoms with Gasteiger partial charge in [0.15, 0.2) is 0 Å². The van der Waals surface area contributed by atoms with Gasteiger partial charge in [0.25, 0.3) is 0 Å². The largest absolute Gasteiger partial charge is 0.497 e. The maximum absolute atomic E-state index is 11.6. The van der Waals surface area contributed by atoms with Crippen molar-refractivity contribution in [1.29, 1.82) is 0 Å². The topological polar surface area (TPSA) is 35.5 Å². The molecule has 0 amide bonds. The number of ether oxygens (including phenoxy) is 2. The van der Waals surface area contributed by atoms with Gasteiger partial charge in [0.1, 0.15) is 11.5 Å². The van der Waals surface area contributed by atoms with E-state index in [1.807, 2.05) is 24.3 Å². The van der Waals surface area contributed by atoms with E-state index in [2.05, 4.69) is 6.92 Å². The summed E-state index contributed by atoms with van der Waals surface area (Å²) in [5, 5.41) is 0. The Hall–Kier alpha value is -1.35. The molecule has 1 aromatic rings. The molecule has 0 N–H and O–H groups in total. The minimum absolute atomic E-state index is 0.286. The molecule has 1 aliphatic heterocycles. The molecule has 1 aliphatic rings. The number of methoxy groups -OCH3 is 1. The summed E-state index contributed by atoms with van der Waals surface area (Å²) in [6.45, 7) is 2.58. The molecule has 0 saturated carbocycles. The first-order valence-corrected chi connectivity index (χ1v) is 6.00. The molecule has 0 spiro atoms. The highest BCUT2D eigenvalue weighted by Crippen LogP contribution is 2.37.